The summed E-state index contributed by atoms with van der Waals surface area (Å²) in [6, 6.07) is 4.46. The van der Waals surface area contributed by atoms with Crippen LogP contribution in [0.4, 0.5) is 0 Å². The maximum atomic E-state index is 6.23. The van der Waals surface area contributed by atoms with Crippen molar-refractivity contribution in [2.75, 3.05) is 0 Å². The van der Waals surface area contributed by atoms with Gasteiger partial charge < -0.3 is 4.74 Å². The van der Waals surface area contributed by atoms with E-state index in [-0.39, 0.29) is 5.60 Å². The van der Waals surface area contributed by atoms with Gasteiger partial charge in [0.25, 0.3) is 0 Å². The minimum Gasteiger partial charge on any atom is -0.483 e. The third-order valence-corrected chi connectivity index (χ3v) is 4.16. The molecular weight excluding hydrogens is 244 g/mol. The van der Waals surface area contributed by atoms with Gasteiger partial charge in [0, 0.05) is 0 Å². The van der Waals surface area contributed by atoms with Gasteiger partial charge in [-0.3, -0.25) is 0 Å². The Morgan fingerprint density at radius 3 is 2.80 bits per heavy atom. The van der Waals surface area contributed by atoms with Crippen molar-refractivity contribution < 1.29 is 4.74 Å². The zero-order valence-electron chi connectivity index (χ0n) is 13.3. The van der Waals surface area contributed by atoms with Gasteiger partial charge in [0.2, 0.25) is 0 Å². The van der Waals surface area contributed by atoms with Gasteiger partial charge in [0.05, 0.1) is 0 Å². The van der Waals surface area contributed by atoms with Crippen molar-refractivity contribution in [1.82, 2.24) is 0 Å². The van der Waals surface area contributed by atoms with Crippen molar-refractivity contribution in [2.24, 2.45) is 0 Å². The van der Waals surface area contributed by atoms with E-state index in [0.29, 0.717) is 0 Å². The molecule has 0 saturated heterocycles. The lowest BCUT2D eigenvalue weighted by molar-refractivity contribution is 0.113. The highest BCUT2D eigenvalue weighted by atomic mass is 16.5. The monoisotopic (exact) mass is 270 g/mol. The lowest BCUT2D eigenvalue weighted by Crippen LogP contribution is -2.34. The lowest BCUT2D eigenvalue weighted by atomic mass is 9.87. The summed E-state index contributed by atoms with van der Waals surface area (Å²) in [4.78, 5) is 0. The maximum Gasteiger partial charge on any atom is 0.126 e. The molecule has 1 heteroatoms. The number of hydrogen-bond donors (Lipinski definition) is 0. The Kier molecular flexibility index (Phi) is 4.37. The summed E-state index contributed by atoms with van der Waals surface area (Å²) in [6.07, 6.45) is 8.56. The molecule has 0 spiro atoms. The van der Waals surface area contributed by atoms with E-state index in [2.05, 4.69) is 52.5 Å². The highest BCUT2D eigenvalue weighted by Gasteiger charge is 2.30. The Labute approximate surface area is 123 Å². The molecule has 0 aromatic heterocycles. The van der Waals surface area contributed by atoms with E-state index in [9.17, 15) is 0 Å². The molecule has 108 valence electrons. The SMILES string of the molecule is C=CC1(C)CCc2c(CCC=C(C)C)ccc(C)c2O1. The van der Waals surface area contributed by atoms with E-state index in [1.165, 1.54) is 22.3 Å². The number of benzene rings is 1. The van der Waals surface area contributed by atoms with Crippen LogP contribution in [0.1, 0.15) is 50.3 Å². The number of hydrogen-bond acceptors (Lipinski definition) is 1. The second-order valence-corrected chi connectivity index (χ2v) is 6.29. The molecule has 0 amide bonds. The average Bonchev–Trinajstić information content (AvgIpc) is 2.41. The molecule has 0 radical (unpaired) electrons. The van der Waals surface area contributed by atoms with Crippen LogP contribution in [0.25, 0.3) is 0 Å². The summed E-state index contributed by atoms with van der Waals surface area (Å²) in [7, 11) is 0. The first-order chi connectivity index (χ1) is 9.45. The molecule has 0 saturated carbocycles. The van der Waals surface area contributed by atoms with Crippen LogP contribution in [0.3, 0.4) is 0 Å². The van der Waals surface area contributed by atoms with Crippen molar-refractivity contribution in [1.29, 1.82) is 0 Å². The summed E-state index contributed by atoms with van der Waals surface area (Å²) >= 11 is 0. The molecule has 1 aliphatic rings. The smallest absolute Gasteiger partial charge is 0.126 e. The maximum absolute atomic E-state index is 6.23. The molecule has 1 nitrogen and oxygen atoms in total. The van der Waals surface area contributed by atoms with Gasteiger partial charge in [0.15, 0.2) is 0 Å². The van der Waals surface area contributed by atoms with Gasteiger partial charge in [0.1, 0.15) is 11.4 Å². The normalized spacial score (nSPS) is 20.8. The van der Waals surface area contributed by atoms with Gasteiger partial charge in [-0.1, -0.05) is 30.4 Å². The largest absolute Gasteiger partial charge is 0.483 e. The Morgan fingerprint density at radius 2 is 2.15 bits per heavy atom. The molecule has 1 aliphatic heterocycles. The van der Waals surface area contributed by atoms with Gasteiger partial charge in [-0.2, -0.15) is 0 Å². The van der Waals surface area contributed by atoms with E-state index in [1.54, 1.807) is 0 Å². The van der Waals surface area contributed by atoms with Crippen LogP contribution >= 0.6 is 0 Å². The summed E-state index contributed by atoms with van der Waals surface area (Å²) in [6.45, 7) is 12.5. The minimum atomic E-state index is -0.212. The molecule has 1 atom stereocenters. The second-order valence-electron chi connectivity index (χ2n) is 6.29. The fraction of sp³-hybridized carbons (Fsp3) is 0.474. The van der Waals surface area contributed by atoms with E-state index in [1.807, 2.05) is 6.08 Å². The Balaban J connectivity index is 2.28. The lowest BCUT2D eigenvalue weighted by Gasteiger charge is -2.35. The summed E-state index contributed by atoms with van der Waals surface area (Å²) in [5, 5.41) is 0. The first-order valence-electron chi connectivity index (χ1n) is 7.52. The highest BCUT2D eigenvalue weighted by molar-refractivity contribution is 5.48. The van der Waals surface area contributed by atoms with Crippen molar-refractivity contribution >= 4 is 0 Å². The standard InChI is InChI=1S/C19H26O/c1-6-19(5)13-12-17-16(9-7-8-14(2)3)11-10-15(4)18(17)20-19/h6,8,10-11H,1,7,9,12-13H2,2-5H3. The zero-order chi connectivity index (χ0) is 14.8. The number of aryl methyl sites for hydroxylation is 2. The molecule has 1 aromatic carbocycles. The molecular formula is C19H26O. The first-order valence-corrected chi connectivity index (χ1v) is 7.52. The van der Waals surface area contributed by atoms with Crippen LogP contribution in [-0.2, 0) is 12.8 Å². The summed E-state index contributed by atoms with van der Waals surface area (Å²) < 4.78 is 6.23. The van der Waals surface area contributed by atoms with Crippen LogP contribution in [-0.4, -0.2) is 5.60 Å². The molecule has 0 fully saturated rings. The third-order valence-electron chi connectivity index (χ3n) is 4.16. The fourth-order valence-corrected chi connectivity index (χ4v) is 2.75. The zero-order valence-corrected chi connectivity index (χ0v) is 13.3. The number of fused-ring (bicyclic) bond motifs is 1. The van der Waals surface area contributed by atoms with Gasteiger partial charge in [-0.25, -0.2) is 0 Å². The Hall–Kier alpha value is -1.50. The predicted molar refractivity (Wildman–Crippen MR) is 86.5 cm³/mol. The van der Waals surface area contributed by atoms with Crippen LogP contribution in [0, 0.1) is 6.92 Å². The van der Waals surface area contributed by atoms with Crippen molar-refractivity contribution in [2.45, 2.75) is 59.0 Å². The van der Waals surface area contributed by atoms with Crippen LogP contribution in [0.2, 0.25) is 0 Å². The Bertz CT molecular complexity index is 535. The van der Waals surface area contributed by atoms with Crippen molar-refractivity contribution in [3.63, 3.8) is 0 Å². The molecule has 1 heterocycles. The van der Waals surface area contributed by atoms with E-state index in [4.69, 9.17) is 4.74 Å². The molecule has 0 bridgehead atoms. The topological polar surface area (TPSA) is 9.23 Å². The predicted octanol–water partition coefficient (Wildman–Crippen LogP) is 5.16. The molecule has 2 rings (SSSR count). The second kappa shape index (κ2) is 5.87. The van der Waals surface area contributed by atoms with Crippen LogP contribution in [0.15, 0.2) is 36.4 Å². The van der Waals surface area contributed by atoms with Gasteiger partial charge >= 0.3 is 0 Å². The first kappa shape index (κ1) is 14.9. The van der Waals surface area contributed by atoms with Crippen molar-refractivity contribution in [3.8, 4) is 5.75 Å². The summed E-state index contributed by atoms with van der Waals surface area (Å²) in [5.41, 5.74) is 5.26. The number of rotatable bonds is 4. The molecule has 0 aliphatic carbocycles. The molecule has 1 aromatic rings. The van der Waals surface area contributed by atoms with Crippen molar-refractivity contribution in [3.05, 3.63) is 53.1 Å². The Morgan fingerprint density at radius 1 is 1.40 bits per heavy atom. The average molecular weight is 270 g/mol. The van der Waals surface area contributed by atoms with Crippen LogP contribution < -0.4 is 4.74 Å². The number of ether oxygens (including phenoxy) is 1. The van der Waals surface area contributed by atoms with E-state index >= 15 is 0 Å². The highest BCUT2D eigenvalue weighted by Crippen LogP contribution is 2.38. The fourth-order valence-electron chi connectivity index (χ4n) is 2.75. The number of allylic oxidation sites excluding steroid dienone is 2. The third kappa shape index (κ3) is 3.15. The van der Waals surface area contributed by atoms with Crippen LogP contribution in [0.5, 0.6) is 5.75 Å². The molecule has 1 unspecified atom stereocenters. The minimum absolute atomic E-state index is 0.212. The molecule has 20 heavy (non-hydrogen) atoms. The quantitative estimate of drug-likeness (QED) is 0.686. The summed E-state index contributed by atoms with van der Waals surface area (Å²) in [5.74, 6) is 1.09. The van der Waals surface area contributed by atoms with E-state index in [0.717, 1.165) is 31.4 Å². The van der Waals surface area contributed by atoms with E-state index < -0.39 is 0 Å². The molecule has 0 N–H and O–H groups in total. The van der Waals surface area contributed by atoms with Gasteiger partial charge in [-0.05, 0) is 76.1 Å². The van der Waals surface area contributed by atoms with Gasteiger partial charge in [-0.15, -0.1) is 0 Å².